The molecule has 0 aromatic heterocycles. The predicted molar refractivity (Wildman–Crippen MR) is 92.3 cm³/mol. The van der Waals surface area contributed by atoms with Gasteiger partial charge in [0, 0.05) is 14.5 Å². The van der Waals surface area contributed by atoms with Crippen LogP contribution in [-0.2, 0) is 10.0 Å². The van der Waals surface area contributed by atoms with E-state index in [1.54, 1.807) is 24.3 Å². The second kappa shape index (κ2) is 6.50. The lowest BCUT2D eigenvalue weighted by Crippen LogP contribution is -2.18. The maximum Gasteiger partial charge on any atom is 0.276 e. The van der Waals surface area contributed by atoms with Crippen molar-refractivity contribution >= 4 is 48.1 Å². The maximum absolute atomic E-state index is 12.1. The van der Waals surface area contributed by atoms with Gasteiger partial charge in [-0.2, -0.15) is 13.5 Å². The number of halogens is 2. The molecule has 1 aliphatic heterocycles. The van der Waals surface area contributed by atoms with Gasteiger partial charge in [-0.3, -0.25) is 0 Å². The van der Waals surface area contributed by atoms with Gasteiger partial charge < -0.3 is 9.47 Å². The highest BCUT2D eigenvalue weighted by Crippen LogP contribution is 2.36. The zero-order valence-corrected chi connectivity index (χ0v) is 15.5. The molecule has 0 aliphatic carbocycles. The number of nitrogens with one attached hydrogen (secondary N) is 1. The number of hydrogen-bond acceptors (Lipinski definition) is 5. The summed E-state index contributed by atoms with van der Waals surface area (Å²) in [6.07, 6.45) is 1.39. The molecule has 3 rings (SSSR count). The van der Waals surface area contributed by atoms with E-state index >= 15 is 0 Å². The van der Waals surface area contributed by atoms with Crippen LogP contribution >= 0.6 is 31.9 Å². The molecule has 0 atom stereocenters. The fourth-order valence-corrected chi connectivity index (χ4v) is 3.34. The number of benzene rings is 2. The number of nitrogens with zero attached hydrogens (tertiary/aromatic N) is 1. The van der Waals surface area contributed by atoms with E-state index in [0.29, 0.717) is 21.5 Å². The number of sulfonamides is 1. The van der Waals surface area contributed by atoms with Gasteiger partial charge in [0.15, 0.2) is 11.5 Å². The zero-order chi connectivity index (χ0) is 16.4. The first-order valence-electron chi connectivity index (χ1n) is 6.35. The molecule has 1 aliphatic rings. The summed E-state index contributed by atoms with van der Waals surface area (Å²) in [6.45, 7) is 0.165. The molecule has 0 fully saturated rings. The highest BCUT2D eigenvalue weighted by atomic mass is 79.9. The van der Waals surface area contributed by atoms with Crippen molar-refractivity contribution in [1.29, 1.82) is 0 Å². The Morgan fingerprint density at radius 3 is 2.43 bits per heavy atom. The van der Waals surface area contributed by atoms with Crippen molar-refractivity contribution in [2.45, 2.75) is 4.90 Å². The van der Waals surface area contributed by atoms with Crippen molar-refractivity contribution in [1.82, 2.24) is 4.83 Å². The van der Waals surface area contributed by atoms with Crippen molar-refractivity contribution in [3.63, 3.8) is 0 Å². The van der Waals surface area contributed by atoms with Crippen LogP contribution in [0.1, 0.15) is 5.56 Å². The van der Waals surface area contributed by atoms with Crippen LogP contribution < -0.4 is 14.3 Å². The molecule has 9 heteroatoms. The van der Waals surface area contributed by atoms with E-state index in [1.165, 1.54) is 18.3 Å². The first kappa shape index (κ1) is 16.3. The van der Waals surface area contributed by atoms with Gasteiger partial charge in [-0.1, -0.05) is 15.9 Å². The van der Waals surface area contributed by atoms with Crippen LogP contribution in [0.3, 0.4) is 0 Å². The van der Waals surface area contributed by atoms with Crippen molar-refractivity contribution in [2.75, 3.05) is 6.79 Å². The standard InChI is InChI=1S/C14H10Br2N2O4S/c15-10-1-3-11(4-2-10)23(19,20)18-17-7-9-5-13-14(6-12(9)16)22-8-21-13/h1-7,18H,8H2/b17-7-. The van der Waals surface area contributed by atoms with E-state index in [1.807, 2.05) is 0 Å². The third-order valence-corrected chi connectivity index (χ3v) is 5.45. The van der Waals surface area contributed by atoms with Gasteiger partial charge in [0.2, 0.25) is 6.79 Å². The molecule has 0 spiro atoms. The second-order valence-electron chi connectivity index (χ2n) is 4.53. The fourth-order valence-electron chi connectivity index (χ4n) is 1.86. The maximum atomic E-state index is 12.1. The minimum atomic E-state index is -3.71. The first-order valence-corrected chi connectivity index (χ1v) is 9.42. The normalized spacial score (nSPS) is 13.5. The summed E-state index contributed by atoms with van der Waals surface area (Å²) in [5, 5.41) is 3.80. The smallest absolute Gasteiger partial charge is 0.276 e. The highest BCUT2D eigenvalue weighted by molar-refractivity contribution is 9.10. The van der Waals surface area contributed by atoms with Crippen LogP contribution in [-0.4, -0.2) is 21.4 Å². The van der Waals surface area contributed by atoms with Gasteiger partial charge in [-0.05, 0) is 52.3 Å². The van der Waals surface area contributed by atoms with E-state index in [0.717, 1.165) is 4.47 Å². The van der Waals surface area contributed by atoms with Crippen LogP contribution in [0, 0.1) is 0 Å². The Morgan fingerprint density at radius 1 is 1.09 bits per heavy atom. The van der Waals surface area contributed by atoms with Crippen LogP contribution in [0.4, 0.5) is 0 Å². The number of hydrogen-bond donors (Lipinski definition) is 1. The van der Waals surface area contributed by atoms with Gasteiger partial charge >= 0.3 is 0 Å². The third-order valence-electron chi connectivity index (χ3n) is 2.99. The van der Waals surface area contributed by atoms with Crippen molar-refractivity contribution in [3.8, 4) is 11.5 Å². The largest absolute Gasteiger partial charge is 0.454 e. The molecule has 0 bridgehead atoms. The summed E-state index contributed by atoms with van der Waals surface area (Å²) >= 11 is 6.63. The van der Waals surface area contributed by atoms with Crippen LogP contribution in [0.2, 0.25) is 0 Å². The summed E-state index contributed by atoms with van der Waals surface area (Å²) in [5.74, 6) is 1.22. The molecule has 23 heavy (non-hydrogen) atoms. The van der Waals surface area contributed by atoms with Gasteiger partial charge in [-0.15, -0.1) is 0 Å². The average Bonchev–Trinajstić information content (AvgIpc) is 2.95. The van der Waals surface area contributed by atoms with E-state index in [-0.39, 0.29) is 11.7 Å². The minimum Gasteiger partial charge on any atom is -0.454 e. The molecule has 2 aromatic carbocycles. The number of fused-ring (bicyclic) bond motifs is 1. The lowest BCUT2D eigenvalue weighted by atomic mass is 10.2. The van der Waals surface area contributed by atoms with Crippen molar-refractivity contribution in [3.05, 3.63) is 50.9 Å². The number of rotatable bonds is 4. The van der Waals surface area contributed by atoms with Gasteiger partial charge in [0.1, 0.15) is 0 Å². The quantitative estimate of drug-likeness (QED) is 0.560. The lowest BCUT2D eigenvalue weighted by Gasteiger charge is -2.04. The minimum absolute atomic E-state index is 0.127. The SMILES string of the molecule is O=S(=O)(N/N=C\c1cc2c(cc1Br)OCO2)c1ccc(Br)cc1. The first-order chi connectivity index (χ1) is 11.0. The summed E-state index contributed by atoms with van der Waals surface area (Å²) in [7, 11) is -3.71. The summed E-state index contributed by atoms with van der Waals surface area (Å²) < 4.78 is 36.3. The summed E-state index contributed by atoms with van der Waals surface area (Å²) in [6, 6.07) is 9.72. The zero-order valence-electron chi connectivity index (χ0n) is 11.5. The van der Waals surface area contributed by atoms with Crippen molar-refractivity contribution in [2.24, 2.45) is 5.10 Å². The Kier molecular flexibility index (Phi) is 4.60. The van der Waals surface area contributed by atoms with E-state index in [4.69, 9.17) is 9.47 Å². The molecular weight excluding hydrogens is 452 g/mol. The van der Waals surface area contributed by atoms with Crippen LogP contribution in [0.15, 0.2) is 55.3 Å². The van der Waals surface area contributed by atoms with Crippen LogP contribution in [0.25, 0.3) is 0 Å². The lowest BCUT2D eigenvalue weighted by molar-refractivity contribution is 0.174. The third kappa shape index (κ3) is 3.67. The molecule has 120 valence electrons. The van der Waals surface area contributed by atoms with Gasteiger partial charge in [0.25, 0.3) is 10.0 Å². The average molecular weight is 462 g/mol. The summed E-state index contributed by atoms with van der Waals surface area (Å²) in [5.41, 5.74) is 0.660. The molecule has 0 amide bonds. The molecule has 1 heterocycles. The Bertz CT molecular complexity index is 867. The summed E-state index contributed by atoms with van der Waals surface area (Å²) in [4.78, 5) is 2.30. The van der Waals surface area contributed by atoms with Gasteiger partial charge in [0.05, 0.1) is 11.1 Å². The fraction of sp³-hybridized carbons (Fsp3) is 0.0714. The highest BCUT2D eigenvalue weighted by Gasteiger charge is 2.16. The number of hydrazone groups is 1. The molecule has 0 saturated carbocycles. The Hall–Kier alpha value is -1.58. The molecule has 1 N–H and O–H groups in total. The molecule has 0 radical (unpaired) electrons. The molecular formula is C14H10Br2N2O4S. The second-order valence-corrected chi connectivity index (χ2v) is 7.96. The monoisotopic (exact) mass is 460 g/mol. The topological polar surface area (TPSA) is 77.0 Å². The molecule has 2 aromatic rings. The van der Waals surface area contributed by atoms with Gasteiger partial charge in [-0.25, -0.2) is 4.83 Å². The molecule has 0 saturated heterocycles. The number of ether oxygens (including phenoxy) is 2. The van der Waals surface area contributed by atoms with E-state index in [9.17, 15) is 8.42 Å². The van der Waals surface area contributed by atoms with Crippen LogP contribution in [0.5, 0.6) is 11.5 Å². The molecule has 0 unspecified atom stereocenters. The molecule has 6 nitrogen and oxygen atoms in total. The van der Waals surface area contributed by atoms with E-state index < -0.39 is 10.0 Å². The van der Waals surface area contributed by atoms with E-state index in [2.05, 4.69) is 41.8 Å². The Labute approximate surface area is 149 Å². The Balaban J connectivity index is 1.77. The Morgan fingerprint density at radius 2 is 1.74 bits per heavy atom. The predicted octanol–water partition coefficient (Wildman–Crippen LogP) is 3.25. The van der Waals surface area contributed by atoms with Crippen molar-refractivity contribution < 1.29 is 17.9 Å².